The fraction of sp³-hybridized carbons (Fsp3) is 0.367. The van der Waals surface area contributed by atoms with Crippen molar-refractivity contribution in [3.63, 3.8) is 0 Å². The Morgan fingerprint density at radius 2 is 1.72 bits per heavy atom. The van der Waals surface area contributed by atoms with Crippen LogP contribution in [0.1, 0.15) is 41.9 Å². The Morgan fingerprint density at radius 1 is 0.974 bits per heavy atom. The summed E-state index contributed by atoms with van der Waals surface area (Å²) in [6.07, 6.45) is 2.97. The Bertz CT molecular complexity index is 1300. The molecule has 2 amide bonds. The molecule has 3 N–H and O–H groups in total. The Kier molecular flexibility index (Phi) is 8.38. The summed E-state index contributed by atoms with van der Waals surface area (Å²) in [5, 5.41) is 9.26. The number of aryl methyl sites for hydroxylation is 1. The van der Waals surface area contributed by atoms with Crippen LogP contribution >= 0.6 is 0 Å². The molecule has 39 heavy (non-hydrogen) atoms. The first kappa shape index (κ1) is 27.0. The first-order chi connectivity index (χ1) is 18.8. The molecule has 2 aliphatic heterocycles. The molecule has 2 heterocycles. The number of benzene rings is 3. The van der Waals surface area contributed by atoms with Gasteiger partial charge in [-0.3, -0.25) is 4.90 Å². The van der Waals surface area contributed by atoms with Crippen LogP contribution < -0.4 is 20.7 Å². The standard InChI is InChI=1S/C30H33F3N4O2/c1-19-2-5-22(35-30(38)36-23-8-11-34-17-23)14-25(19)21-9-12-37(13-10-21)18-20-3-6-24(7-4-20)39-29-16-27(32)26(31)15-28(29)33/h2-7,14-16,21,23,34H,8-13,17-18H2,1H3,(H2,35,36,38). The molecule has 206 valence electrons. The number of carbonyl (C=O) groups is 1. The SMILES string of the molecule is Cc1ccc(NC(=O)NC2CCNC2)cc1C1CCN(Cc2ccc(Oc3cc(F)c(F)cc3F)cc2)CC1. The van der Waals surface area contributed by atoms with Crippen LogP contribution in [0.2, 0.25) is 0 Å². The van der Waals surface area contributed by atoms with Crippen LogP contribution in [0.4, 0.5) is 23.7 Å². The number of halogens is 3. The number of piperidine rings is 1. The van der Waals surface area contributed by atoms with Gasteiger partial charge in [-0.15, -0.1) is 0 Å². The summed E-state index contributed by atoms with van der Waals surface area (Å²) in [7, 11) is 0. The van der Waals surface area contributed by atoms with E-state index >= 15 is 0 Å². The van der Waals surface area contributed by atoms with E-state index in [9.17, 15) is 18.0 Å². The summed E-state index contributed by atoms with van der Waals surface area (Å²) >= 11 is 0. The highest BCUT2D eigenvalue weighted by Gasteiger charge is 2.23. The summed E-state index contributed by atoms with van der Waals surface area (Å²) in [5.74, 6) is -2.95. The van der Waals surface area contributed by atoms with Crippen molar-refractivity contribution in [3.05, 3.63) is 88.7 Å². The second kappa shape index (κ2) is 12.1. The third-order valence-corrected chi connectivity index (χ3v) is 7.49. The largest absolute Gasteiger partial charge is 0.454 e. The molecule has 2 fully saturated rings. The van der Waals surface area contributed by atoms with E-state index < -0.39 is 17.5 Å². The number of urea groups is 1. The third-order valence-electron chi connectivity index (χ3n) is 7.49. The number of nitrogens with one attached hydrogen (secondary N) is 3. The van der Waals surface area contributed by atoms with Gasteiger partial charge in [-0.25, -0.2) is 18.0 Å². The zero-order valence-electron chi connectivity index (χ0n) is 21.9. The lowest BCUT2D eigenvalue weighted by atomic mass is 9.86. The average molecular weight is 539 g/mol. The lowest BCUT2D eigenvalue weighted by Crippen LogP contribution is -2.39. The molecule has 3 aromatic carbocycles. The van der Waals surface area contributed by atoms with Gasteiger partial charge in [-0.05, 0) is 92.7 Å². The number of amides is 2. The van der Waals surface area contributed by atoms with Crippen LogP contribution in [0.3, 0.4) is 0 Å². The number of hydrogen-bond acceptors (Lipinski definition) is 4. The number of anilines is 1. The molecule has 0 saturated carbocycles. The third kappa shape index (κ3) is 6.91. The summed E-state index contributed by atoms with van der Waals surface area (Å²) in [6.45, 7) is 6.50. The number of rotatable bonds is 7. The summed E-state index contributed by atoms with van der Waals surface area (Å²) in [5.41, 5.74) is 4.40. The molecule has 1 atom stereocenters. The van der Waals surface area contributed by atoms with Gasteiger partial charge in [0.05, 0.1) is 0 Å². The maximum atomic E-state index is 13.9. The first-order valence-corrected chi connectivity index (χ1v) is 13.4. The fourth-order valence-electron chi connectivity index (χ4n) is 5.32. The lowest BCUT2D eigenvalue weighted by molar-refractivity contribution is 0.204. The fourth-order valence-corrected chi connectivity index (χ4v) is 5.32. The molecule has 9 heteroatoms. The number of carbonyl (C=O) groups excluding carboxylic acids is 1. The van der Waals surface area contributed by atoms with Crippen molar-refractivity contribution in [3.8, 4) is 11.5 Å². The molecule has 6 nitrogen and oxygen atoms in total. The summed E-state index contributed by atoms with van der Waals surface area (Å²) in [4.78, 5) is 14.8. The molecule has 0 aromatic heterocycles. The molecule has 0 bridgehead atoms. The molecule has 0 spiro atoms. The number of hydrogen-bond donors (Lipinski definition) is 3. The molecular weight excluding hydrogens is 505 g/mol. The van der Waals surface area contributed by atoms with Gasteiger partial charge in [0.25, 0.3) is 0 Å². The van der Waals surface area contributed by atoms with Crippen molar-refractivity contribution < 1.29 is 22.7 Å². The van der Waals surface area contributed by atoms with Crippen LogP contribution in [0.25, 0.3) is 0 Å². The highest BCUT2D eigenvalue weighted by Crippen LogP contribution is 2.33. The minimum absolute atomic E-state index is 0.167. The van der Waals surface area contributed by atoms with Crippen molar-refractivity contribution in [2.45, 2.75) is 44.7 Å². The molecule has 5 rings (SSSR count). The minimum Gasteiger partial charge on any atom is -0.454 e. The predicted molar refractivity (Wildman–Crippen MR) is 145 cm³/mol. The zero-order valence-corrected chi connectivity index (χ0v) is 21.9. The van der Waals surface area contributed by atoms with E-state index in [-0.39, 0.29) is 17.8 Å². The van der Waals surface area contributed by atoms with Gasteiger partial charge >= 0.3 is 6.03 Å². The molecule has 2 saturated heterocycles. The van der Waals surface area contributed by atoms with Gasteiger partial charge in [0.15, 0.2) is 23.2 Å². The maximum Gasteiger partial charge on any atom is 0.319 e. The molecule has 3 aromatic rings. The monoisotopic (exact) mass is 538 g/mol. The van der Waals surface area contributed by atoms with E-state index in [0.717, 1.165) is 63.2 Å². The van der Waals surface area contributed by atoms with Gasteiger partial charge in [0.2, 0.25) is 0 Å². The molecule has 0 aliphatic carbocycles. The van der Waals surface area contributed by atoms with Crippen LogP contribution in [0.5, 0.6) is 11.5 Å². The highest BCUT2D eigenvalue weighted by atomic mass is 19.2. The highest BCUT2D eigenvalue weighted by molar-refractivity contribution is 5.89. The smallest absolute Gasteiger partial charge is 0.319 e. The van der Waals surface area contributed by atoms with E-state index in [4.69, 9.17) is 4.74 Å². The topological polar surface area (TPSA) is 65.6 Å². The molecule has 0 radical (unpaired) electrons. The van der Waals surface area contributed by atoms with Crippen LogP contribution in [-0.2, 0) is 6.54 Å². The predicted octanol–water partition coefficient (Wildman–Crippen LogP) is 6.07. The average Bonchev–Trinajstić information content (AvgIpc) is 3.43. The Labute approximate surface area is 226 Å². The molecule has 2 aliphatic rings. The second-order valence-corrected chi connectivity index (χ2v) is 10.4. The van der Waals surface area contributed by atoms with Gasteiger partial charge in [0.1, 0.15) is 5.75 Å². The van der Waals surface area contributed by atoms with E-state index in [1.165, 1.54) is 11.1 Å². The van der Waals surface area contributed by atoms with Crippen molar-refractivity contribution >= 4 is 11.7 Å². The van der Waals surface area contributed by atoms with Gasteiger partial charge in [-0.1, -0.05) is 18.2 Å². The summed E-state index contributed by atoms with van der Waals surface area (Å²) in [6, 6.07) is 14.5. The van der Waals surface area contributed by atoms with Crippen molar-refractivity contribution in [2.24, 2.45) is 0 Å². The van der Waals surface area contributed by atoms with Gasteiger partial charge < -0.3 is 20.7 Å². The second-order valence-electron chi connectivity index (χ2n) is 10.4. The Balaban J connectivity index is 1.13. The van der Waals surface area contributed by atoms with E-state index in [2.05, 4.69) is 39.9 Å². The van der Waals surface area contributed by atoms with E-state index in [1.807, 2.05) is 18.2 Å². The Hall–Kier alpha value is -3.56. The number of likely N-dealkylation sites (tertiary alicyclic amines) is 1. The zero-order chi connectivity index (χ0) is 27.4. The summed E-state index contributed by atoms with van der Waals surface area (Å²) < 4.78 is 45.9. The van der Waals surface area contributed by atoms with Crippen LogP contribution in [-0.4, -0.2) is 43.2 Å². The van der Waals surface area contributed by atoms with E-state index in [0.29, 0.717) is 23.8 Å². The molecule has 1 unspecified atom stereocenters. The maximum absolute atomic E-state index is 13.9. The van der Waals surface area contributed by atoms with E-state index in [1.54, 1.807) is 12.1 Å². The minimum atomic E-state index is -1.25. The number of nitrogens with zero attached hydrogens (tertiary/aromatic N) is 1. The molecular formula is C30H33F3N4O2. The van der Waals surface area contributed by atoms with Crippen molar-refractivity contribution in [1.29, 1.82) is 0 Å². The van der Waals surface area contributed by atoms with Crippen LogP contribution in [0, 0.1) is 24.4 Å². The van der Waals surface area contributed by atoms with Gasteiger partial charge in [-0.2, -0.15) is 0 Å². The van der Waals surface area contributed by atoms with Gasteiger partial charge in [0, 0.05) is 37.0 Å². The normalized spacial score (nSPS) is 18.2. The van der Waals surface area contributed by atoms with Crippen LogP contribution in [0.15, 0.2) is 54.6 Å². The first-order valence-electron chi connectivity index (χ1n) is 13.4. The van der Waals surface area contributed by atoms with Crippen molar-refractivity contribution in [1.82, 2.24) is 15.5 Å². The lowest BCUT2D eigenvalue weighted by Gasteiger charge is -2.33. The quantitative estimate of drug-likeness (QED) is 0.320. The Morgan fingerprint density at radius 3 is 2.44 bits per heavy atom. The van der Waals surface area contributed by atoms with Crippen molar-refractivity contribution in [2.75, 3.05) is 31.5 Å². The number of ether oxygens (including phenoxy) is 1.